The Morgan fingerprint density at radius 1 is 0.605 bits per heavy atom. The second-order valence-electron chi connectivity index (χ2n) is 10.6. The number of hydrogen-bond donors (Lipinski definition) is 2. The first-order valence-electron chi connectivity index (χ1n) is 13.8. The number of carbonyl (C=O) groups is 2. The molecule has 0 spiro atoms. The Balaban J connectivity index is 0.00000423. The molecule has 5 rings (SSSR count). The molecule has 1 radical (unpaired) electrons. The normalized spacial score (nSPS) is 15.0. The minimum Gasteiger partial charge on any atom is -0.657 e. The molecule has 227 valence electrons. The third-order valence-corrected chi connectivity index (χ3v) is 8.06. The quantitative estimate of drug-likeness (QED) is 0.239. The van der Waals surface area contributed by atoms with Gasteiger partial charge in [0.2, 0.25) is 0 Å². The summed E-state index contributed by atoms with van der Waals surface area (Å²) in [4.78, 5) is 42.7. The van der Waals surface area contributed by atoms with E-state index in [1.165, 1.54) is 0 Å². The number of fused-ring (bicyclic) bond motifs is 8. The summed E-state index contributed by atoms with van der Waals surface area (Å²) in [6.45, 7) is 15.9. The molecule has 8 bridgehead atoms. The Kier molecular flexibility index (Phi) is 9.25. The molecule has 9 heteroatoms. The predicted molar refractivity (Wildman–Crippen MR) is 163 cm³/mol. The molecule has 0 saturated carbocycles. The molecule has 43 heavy (non-hydrogen) atoms. The van der Waals surface area contributed by atoms with Crippen molar-refractivity contribution in [2.75, 3.05) is 0 Å². The molecular weight excluding hydrogens is 636 g/mol. The van der Waals surface area contributed by atoms with Crippen LogP contribution in [0.5, 0.6) is 0 Å². The maximum absolute atomic E-state index is 11.5. The van der Waals surface area contributed by atoms with Gasteiger partial charge in [-0.25, -0.2) is 0 Å². The van der Waals surface area contributed by atoms with Crippen LogP contribution in [0.3, 0.4) is 0 Å². The number of carboxylic acid groups (broad SMARTS) is 2. The van der Waals surface area contributed by atoms with Gasteiger partial charge in [-0.15, -0.1) is 44.2 Å². The Bertz CT molecular complexity index is 2030. The number of aromatic nitrogens is 4. The molecule has 0 atom stereocenters. The van der Waals surface area contributed by atoms with E-state index in [1.807, 2.05) is 52.0 Å². The Labute approximate surface area is 264 Å². The van der Waals surface area contributed by atoms with Crippen LogP contribution in [0.4, 0.5) is 0 Å². The number of aliphatic carboxylic acids is 2. The summed E-state index contributed by atoms with van der Waals surface area (Å²) < 4.78 is 0. The van der Waals surface area contributed by atoms with Gasteiger partial charge in [-0.05, 0) is 51.7 Å². The van der Waals surface area contributed by atoms with Gasteiger partial charge in [0.1, 0.15) is 0 Å². The maximum Gasteiger partial charge on any atom is 0.303 e. The topological polar surface area (TPSA) is 131 Å². The number of nitrogens with zero attached hydrogens (tertiary/aromatic N) is 4. The van der Waals surface area contributed by atoms with E-state index < -0.39 is 11.9 Å². The summed E-state index contributed by atoms with van der Waals surface area (Å²) in [5.41, 5.74) is 9.84. The Morgan fingerprint density at radius 3 is 1.72 bits per heavy atom. The third kappa shape index (κ3) is 5.99. The monoisotopic (exact) mass is 667 g/mol. The van der Waals surface area contributed by atoms with E-state index in [0.717, 1.165) is 61.2 Å². The van der Waals surface area contributed by atoms with Gasteiger partial charge in [0, 0.05) is 35.2 Å². The molecule has 0 aliphatic carbocycles. The van der Waals surface area contributed by atoms with Gasteiger partial charge >= 0.3 is 11.9 Å². The standard InChI is InChI=1S/C34H32N4O4.Ag/c1-7-21-17(3)25-13-26-19(5)23(9-11-33(39)40)31(37-26)16-32-24(10-12-34(41)42)20(6)28(38-32)15-30-22(8-2)18(4)27(36-30)14-29(21)35-25;/h7-8,13-16H,1-2,9-12H2,3-6H3,(H,39,40)(H,41,42);/q-4;/b25-13?,26-13+,27-14+,28-15?,29-14?,30-15-,31-16-,32-16?;. The summed E-state index contributed by atoms with van der Waals surface area (Å²) in [6.07, 6.45) is 11.7. The van der Waals surface area contributed by atoms with Crippen LogP contribution in [0, 0.1) is 27.7 Å². The van der Waals surface area contributed by atoms with Gasteiger partial charge < -0.3 is 30.1 Å². The molecule has 5 heterocycles. The SMILES string of the molecule is C=Cc1c2[n-]c(c1C)/C=c1/[n-]/c(c(CCC(=O)O)c1C)=C\c1[n-]c(c(C)c1CCC(=O)O)/C=c1\[n-]/c(c(C)c1C=C)=C/2.[Ag]. The number of carboxylic acids is 2. The second-order valence-corrected chi connectivity index (χ2v) is 10.6. The fraction of sp³-hybridized carbons (Fsp3) is 0.235. The second kappa shape index (κ2) is 12.6. The van der Waals surface area contributed by atoms with Crippen molar-refractivity contribution < 1.29 is 42.2 Å². The summed E-state index contributed by atoms with van der Waals surface area (Å²) in [6, 6.07) is 0. The van der Waals surface area contributed by atoms with Crippen LogP contribution in [0.25, 0.3) is 36.5 Å². The van der Waals surface area contributed by atoms with Crippen molar-refractivity contribution in [2.45, 2.75) is 53.4 Å². The minimum absolute atomic E-state index is 0. The van der Waals surface area contributed by atoms with E-state index in [4.69, 9.17) is 19.9 Å². The summed E-state index contributed by atoms with van der Waals surface area (Å²) in [5.74, 6) is -1.80. The van der Waals surface area contributed by atoms with E-state index in [2.05, 4.69) is 13.2 Å². The number of hydrogen-bond acceptors (Lipinski definition) is 2. The minimum atomic E-state index is -0.898. The van der Waals surface area contributed by atoms with Crippen molar-refractivity contribution in [3.63, 3.8) is 0 Å². The van der Waals surface area contributed by atoms with Crippen molar-refractivity contribution in [1.82, 2.24) is 19.9 Å². The largest absolute Gasteiger partial charge is 0.657 e. The summed E-state index contributed by atoms with van der Waals surface area (Å²) >= 11 is 0. The van der Waals surface area contributed by atoms with Crippen LogP contribution in [-0.4, -0.2) is 22.2 Å². The molecule has 1 aliphatic rings. The number of rotatable bonds is 8. The van der Waals surface area contributed by atoms with Crippen molar-refractivity contribution in [3.8, 4) is 0 Å². The third-order valence-electron chi connectivity index (χ3n) is 8.06. The van der Waals surface area contributed by atoms with Crippen molar-refractivity contribution >= 4 is 48.4 Å². The van der Waals surface area contributed by atoms with Crippen LogP contribution in [-0.2, 0) is 44.8 Å². The van der Waals surface area contributed by atoms with E-state index in [-0.39, 0.29) is 35.2 Å². The fourth-order valence-corrected chi connectivity index (χ4v) is 5.61. The zero-order valence-electron chi connectivity index (χ0n) is 24.5. The Morgan fingerprint density at radius 2 is 1.09 bits per heavy atom. The molecule has 8 nitrogen and oxygen atoms in total. The van der Waals surface area contributed by atoms with Gasteiger partial charge in [-0.2, -0.15) is 0 Å². The molecule has 0 saturated heterocycles. The first-order chi connectivity index (χ1) is 20.0. The maximum atomic E-state index is 11.5. The van der Waals surface area contributed by atoms with Crippen LogP contribution in [0.15, 0.2) is 13.2 Å². The first-order valence-corrected chi connectivity index (χ1v) is 13.8. The van der Waals surface area contributed by atoms with Gasteiger partial charge in [0.25, 0.3) is 0 Å². The van der Waals surface area contributed by atoms with E-state index in [1.54, 1.807) is 12.2 Å². The zero-order chi connectivity index (χ0) is 30.3. The smallest absolute Gasteiger partial charge is 0.303 e. The average molecular weight is 669 g/mol. The molecule has 4 aromatic rings. The average Bonchev–Trinajstić information content (AvgIpc) is 3.59. The van der Waals surface area contributed by atoms with Crippen LogP contribution >= 0.6 is 0 Å². The molecule has 1 aliphatic heterocycles. The molecule has 2 N–H and O–H groups in total. The molecule has 0 aromatic carbocycles. The fourth-order valence-electron chi connectivity index (χ4n) is 5.61. The van der Waals surface area contributed by atoms with E-state index >= 15 is 0 Å². The first kappa shape index (κ1) is 31.7. The van der Waals surface area contributed by atoms with Gasteiger partial charge in [0.15, 0.2) is 0 Å². The van der Waals surface area contributed by atoms with E-state index in [9.17, 15) is 19.8 Å². The summed E-state index contributed by atoms with van der Waals surface area (Å²) in [5, 5.41) is 21.7. The van der Waals surface area contributed by atoms with Gasteiger partial charge in [-0.1, -0.05) is 83.0 Å². The molecule has 4 aromatic heterocycles. The molecule has 0 unspecified atom stereocenters. The van der Waals surface area contributed by atoms with Crippen molar-refractivity contribution in [3.05, 3.63) is 102 Å². The molecule has 0 fully saturated rings. The summed E-state index contributed by atoms with van der Waals surface area (Å²) in [7, 11) is 0. The van der Waals surface area contributed by atoms with Crippen LogP contribution in [0.1, 0.15) is 80.1 Å². The Hall–Kier alpha value is -4.24. The zero-order valence-corrected chi connectivity index (χ0v) is 26.0. The van der Waals surface area contributed by atoms with Crippen molar-refractivity contribution in [2.24, 2.45) is 0 Å². The molecule has 0 amide bonds. The van der Waals surface area contributed by atoms with Gasteiger partial charge in [0.05, 0.1) is 0 Å². The van der Waals surface area contributed by atoms with Crippen LogP contribution < -0.4 is 41.3 Å². The molecular formula is C34H32AgN4O4-4. The van der Waals surface area contributed by atoms with Crippen LogP contribution in [0.2, 0.25) is 0 Å². The van der Waals surface area contributed by atoms with E-state index in [0.29, 0.717) is 40.3 Å². The van der Waals surface area contributed by atoms with Gasteiger partial charge in [-0.3, -0.25) is 9.59 Å². The van der Waals surface area contributed by atoms with Crippen molar-refractivity contribution in [1.29, 1.82) is 0 Å². The predicted octanol–water partition coefficient (Wildman–Crippen LogP) is 1.70.